The Morgan fingerprint density at radius 1 is 1.08 bits per heavy atom. The van der Waals surface area contributed by atoms with Gasteiger partial charge in [-0.2, -0.15) is 0 Å². The SMILES string of the molecule is COc1ccc(N2CCC(C(N)=O)CC2[C@H](C)C2CCC(c3ccnc4ccc(F)cc34)CC2)cc1. The van der Waals surface area contributed by atoms with Gasteiger partial charge in [-0.15, -0.1) is 0 Å². The molecule has 0 spiro atoms. The first-order valence-electron chi connectivity index (χ1n) is 13.2. The minimum absolute atomic E-state index is 0.0682. The van der Waals surface area contributed by atoms with Gasteiger partial charge in [-0.25, -0.2) is 4.39 Å². The van der Waals surface area contributed by atoms with Crippen LogP contribution in [0.3, 0.4) is 0 Å². The summed E-state index contributed by atoms with van der Waals surface area (Å²) >= 11 is 0. The number of carbonyl (C=O) groups excluding carboxylic acids is 1. The maximum absolute atomic E-state index is 14.0. The third kappa shape index (κ3) is 4.91. The number of aromatic nitrogens is 1. The molecule has 1 aromatic heterocycles. The zero-order valence-electron chi connectivity index (χ0n) is 21.2. The van der Waals surface area contributed by atoms with E-state index in [2.05, 4.69) is 35.0 Å². The number of primary amides is 1. The van der Waals surface area contributed by atoms with Gasteiger partial charge >= 0.3 is 0 Å². The minimum atomic E-state index is -0.209. The predicted molar refractivity (Wildman–Crippen MR) is 142 cm³/mol. The van der Waals surface area contributed by atoms with Crippen molar-refractivity contribution in [3.63, 3.8) is 0 Å². The minimum Gasteiger partial charge on any atom is -0.497 e. The average Bonchev–Trinajstić information content (AvgIpc) is 2.92. The first kappa shape index (κ1) is 24.5. The third-order valence-electron chi connectivity index (χ3n) is 8.75. The first-order chi connectivity index (χ1) is 17.4. The number of pyridine rings is 1. The third-order valence-corrected chi connectivity index (χ3v) is 8.75. The van der Waals surface area contributed by atoms with Gasteiger partial charge in [0.1, 0.15) is 11.6 Å². The summed E-state index contributed by atoms with van der Waals surface area (Å²) in [6, 6.07) is 15.5. The van der Waals surface area contributed by atoms with Gasteiger partial charge in [-0.3, -0.25) is 9.78 Å². The molecule has 190 valence electrons. The summed E-state index contributed by atoms with van der Waals surface area (Å²) in [5, 5.41) is 0.941. The van der Waals surface area contributed by atoms with E-state index in [4.69, 9.17) is 10.5 Å². The smallest absolute Gasteiger partial charge is 0.220 e. The lowest BCUT2D eigenvalue weighted by atomic mass is 9.70. The summed E-state index contributed by atoms with van der Waals surface area (Å²) < 4.78 is 19.3. The molecule has 5 rings (SSSR count). The van der Waals surface area contributed by atoms with Crippen LogP contribution in [0.4, 0.5) is 10.1 Å². The number of anilines is 1. The van der Waals surface area contributed by atoms with Gasteiger partial charge in [0.25, 0.3) is 0 Å². The molecule has 36 heavy (non-hydrogen) atoms. The highest BCUT2D eigenvalue weighted by Gasteiger charge is 2.38. The molecule has 6 heteroatoms. The lowest BCUT2D eigenvalue weighted by Crippen LogP contribution is -2.50. The van der Waals surface area contributed by atoms with Crippen molar-refractivity contribution in [2.75, 3.05) is 18.6 Å². The summed E-state index contributed by atoms with van der Waals surface area (Å²) in [7, 11) is 1.68. The number of piperidine rings is 1. The second-order valence-corrected chi connectivity index (χ2v) is 10.6. The predicted octanol–water partition coefficient (Wildman–Crippen LogP) is 6.06. The molecule has 1 amide bonds. The molecule has 0 radical (unpaired) electrons. The summed E-state index contributed by atoms with van der Waals surface area (Å²) in [6.07, 6.45) is 7.86. The zero-order valence-corrected chi connectivity index (χ0v) is 21.2. The quantitative estimate of drug-likeness (QED) is 0.457. The van der Waals surface area contributed by atoms with E-state index >= 15 is 0 Å². The fourth-order valence-electron chi connectivity index (χ4n) is 6.61. The number of benzene rings is 2. The Morgan fingerprint density at radius 2 is 1.83 bits per heavy atom. The number of nitrogens with zero attached hydrogens (tertiary/aromatic N) is 2. The lowest BCUT2D eigenvalue weighted by molar-refractivity contribution is -0.122. The Morgan fingerprint density at radius 3 is 2.53 bits per heavy atom. The van der Waals surface area contributed by atoms with Crippen LogP contribution in [0.15, 0.2) is 54.7 Å². The number of rotatable bonds is 6. The molecule has 3 atom stereocenters. The number of methoxy groups -OCH3 is 1. The fourth-order valence-corrected chi connectivity index (χ4v) is 6.61. The van der Waals surface area contributed by atoms with E-state index in [0.717, 1.165) is 61.7 Å². The van der Waals surface area contributed by atoms with Crippen LogP contribution < -0.4 is 15.4 Å². The van der Waals surface area contributed by atoms with Gasteiger partial charge in [-0.1, -0.05) is 6.92 Å². The fraction of sp³-hybridized carbons (Fsp3) is 0.467. The van der Waals surface area contributed by atoms with Crippen molar-refractivity contribution in [1.82, 2.24) is 4.98 Å². The molecule has 2 unspecified atom stereocenters. The lowest BCUT2D eigenvalue weighted by Gasteiger charge is -2.46. The molecule has 2 heterocycles. The van der Waals surface area contributed by atoms with Crippen LogP contribution in [0.25, 0.3) is 10.9 Å². The summed E-state index contributed by atoms with van der Waals surface area (Å²) in [5.41, 5.74) is 9.02. The van der Waals surface area contributed by atoms with Crippen LogP contribution in [-0.2, 0) is 4.79 Å². The van der Waals surface area contributed by atoms with E-state index in [0.29, 0.717) is 17.8 Å². The van der Waals surface area contributed by atoms with Crippen molar-refractivity contribution in [3.8, 4) is 5.75 Å². The maximum atomic E-state index is 14.0. The van der Waals surface area contributed by atoms with E-state index in [-0.39, 0.29) is 23.7 Å². The van der Waals surface area contributed by atoms with Gasteiger partial charge in [0, 0.05) is 35.8 Å². The Bertz CT molecular complexity index is 1210. The molecule has 0 bridgehead atoms. The van der Waals surface area contributed by atoms with E-state index in [1.54, 1.807) is 19.2 Å². The van der Waals surface area contributed by atoms with E-state index in [9.17, 15) is 9.18 Å². The van der Waals surface area contributed by atoms with Gasteiger partial charge in [0.05, 0.1) is 12.6 Å². The summed E-state index contributed by atoms with van der Waals surface area (Å²) in [6.45, 7) is 3.19. The number of fused-ring (bicyclic) bond motifs is 1. The van der Waals surface area contributed by atoms with Gasteiger partial charge in [0.2, 0.25) is 5.91 Å². The molecule has 3 aromatic rings. The Kier molecular flexibility index (Phi) is 7.13. The highest BCUT2D eigenvalue weighted by Crippen LogP contribution is 2.44. The monoisotopic (exact) mass is 489 g/mol. The van der Waals surface area contributed by atoms with Crippen molar-refractivity contribution in [2.24, 2.45) is 23.5 Å². The number of amides is 1. The maximum Gasteiger partial charge on any atom is 0.220 e. The number of hydrogen-bond donors (Lipinski definition) is 1. The molecule has 2 aliphatic rings. The number of nitrogens with two attached hydrogens (primary N) is 1. The number of hydrogen-bond acceptors (Lipinski definition) is 4. The molecule has 2 fully saturated rings. The number of ether oxygens (including phenoxy) is 1. The second-order valence-electron chi connectivity index (χ2n) is 10.6. The van der Waals surface area contributed by atoms with E-state index < -0.39 is 0 Å². The highest BCUT2D eigenvalue weighted by molar-refractivity contribution is 5.82. The molecular formula is C30H36FN3O2. The molecular weight excluding hydrogens is 453 g/mol. The van der Waals surface area contributed by atoms with Crippen molar-refractivity contribution >= 4 is 22.5 Å². The molecule has 5 nitrogen and oxygen atoms in total. The van der Waals surface area contributed by atoms with Gasteiger partial charge in [0.15, 0.2) is 0 Å². The van der Waals surface area contributed by atoms with Crippen LogP contribution in [0.2, 0.25) is 0 Å². The van der Waals surface area contributed by atoms with Crippen molar-refractivity contribution in [1.29, 1.82) is 0 Å². The van der Waals surface area contributed by atoms with Crippen LogP contribution in [0.5, 0.6) is 5.75 Å². The molecule has 1 saturated heterocycles. The van der Waals surface area contributed by atoms with Gasteiger partial charge < -0.3 is 15.4 Å². The van der Waals surface area contributed by atoms with E-state index in [1.807, 2.05) is 18.3 Å². The van der Waals surface area contributed by atoms with Crippen molar-refractivity contribution in [3.05, 3.63) is 66.1 Å². The van der Waals surface area contributed by atoms with Crippen LogP contribution in [-0.4, -0.2) is 30.6 Å². The highest BCUT2D eigenvalue weighted by atomic mass is 19.1. The normalized spacial score (nSPS) is 25.5. The average molecular weight is 490 g/mol. The van der Waals surface area contributed by atoms with Crippen LogP contribution in [0.1, 0.15) is 56.9 Å². The largest absolute Gasteiger partial charge is 0.497 e. The first-order valence-corrected chi connectivity index (χ1v) is 13.2. The standard InChI is InChI=1S/C30H36FN3O2/c1-19(29-17-22(30(32)35)14-16-34(29)24-8-10-25(36-2)11-9-24)20-3-5-21(6-4-20)26-13-15-33-28-12-7-23(31)18-27(26)28/h7-13,15,18-22,29H,3-6,14,16-17H2,1-2H3,(H2,32,35)/t19-,20?,21?,22?,29?/m1/s1. The zero-order chi connectivity index (χ0) is 25.2. The molecule has 1 aliphatic carbocycles. The van der Waals surface area contributed by atoms with Crippen LogP contribution >= 0.6 is 0 Å². The molecule has 1 aliphatic heterocycles. The number of carbonyl (C=O) groups is 1. The topological polar surface area (TPSA) is 68.5 Å². The summed E-state index contributed by atoms with van der Waals surface area (Å²) in [5.74, 6) is 1.81. The van der Waals surface area contributed by atoms with Gasteiger partial charge in [-0.05, 0) is 110 Å². The van der Waals surface area contributed by atoms with Crippen molar-refractivity contribution in [2.45, 2.75) is 57.4 Å². The van der Waals surface area contributed by atoms with Crippen molar-refractivity contribution < 1.29 is 13.9 Å². The molecule has 2 aromatic carbocycles. The number of halogens is 1. The Balaban J connectivity index is 1.32. The molecule has 2 N–H and O–H groups in total. The van der Waals surface area contributed by atoms with E-state index in [1.165, 1.54) is 17.3 Å². The van der Waals surface area contributed by atoms with Crippen LogP contribution in [0, 0.1) is 23.6 Å². The Labute approximate surface area is 212 Å². The molecule has 1 saturated carbocycles. The second kappa shape index (κ2) is 10.5. The summed E-state index contributed by atoms with van der Waals surface area (Å²) in [4.78, 5) is 19.0. The Hall–Kier alpha value is -3.15.